The van der Waals surface area contributed by atoms with Gasteiger partial charge in [-0.3, -0.25) is 9.59 Å². The van der Waals surface area contributed by atoms with Gasteiger partial charge in [-0.05, 0) is 61.9 Å². The van der Waals surface area contributed by atoms with Crippen molar-refractivity contribution in [3.8, 4) is 39.5 Å². The molecule has 8 rings (SSSR count). The molecule has 1 unspecified atom stereocenters. The molecule has 0 spiro atoms. The first kappa shape index (κ1) is 42.2. The Bertz CT molecular complexity index is 2530. The van der Waals surface area contributed by atoms with E-state index >= 15 is 4.39 Å². The van der Waals surface area contributed by atoms with E-state index in [0.29, 0.717) is 58.6 Å². The molecule has 0 aliphatic carbocycles. The van der Waals surface area contributed by atoms with Gasteiger partial charge in [0.2, 0.25) is 11.8 Å². The van der Waals surface area contributed by atoms with Gasteiger partial charge >= 0.3 is 12.2 Å². The fraction of sp³-hybridized carbons (Fsp3) is 0.455. The average Bonchev–Trinajstić information content (AvgIpc) is 4.10. The van der Waals surface area contributed by atoms with Crippen molar-refractivity contribution in [3.05, 3.63) is 66.3 Å². The Balaban J connectivity index is 1.04. The number of alkyl halides is 1. The predicted molar refractivity (Wildman–Crippen MR) is 224 cm³/mol. The van der Waals surface area contributed by atoms with E-state index in [9.17, 15) is 23.6 Å². The van der Waals surface area contributed by atoms with Gasteiger partial charge < -0.3 is 49.2 Å². The van der Waals surface area contributed by atoms with E-state index in [1.807, 2.05) is 49.6 Å². The highest BCUT2D eigenvalue weighted by molar-refractivity contribution is 5.93. The summed E-state index contributed by atoms with van der Waals surface area (Å²) in [5.41, 5.74) is 4.29. The molecular weight excluding hydrogens is 805 g/mol. The summed E-state index contributed by atoms with van der Waals surface area (Å²) in [5.74, 6) is -0.230. The molecule has 6 heterocycles. The van der Waals surface area contributed by atoms with E-state index in [1.165, 1.54) is 25.2 Å². The van der Waals surface area contributed by atoms with Crippen LogP contribution in [0.2, 0.25) is 0 Å². The first-order valence-electron chi connectivity index (χ1n) is 20.9. The topological polar surface area (TPSA) is 189 Å². The van der Waals surface area contributed by atoms with Crippen LogP contribution in [0.25, 0.3) is 44.7 Å². The zero-order valence-electron chi connectivity index (χ0n) is 35.6. The van der Waals surface area contributed by atoms with Gasteiger partial charge in [-0.25, -0.2) is 28.3 Å². The zero-order chi connectivity index (χ0) is 44.1. The van der Waals surface area contributed by atoms with Crippen molar-refractivity contribution < 1.29 is 42.2 Å². The van der Waals surface area contributed by atoms with Crippen molar-refractivity contribution in [2.24, 2.45) is 11.8 Å². The number of benzene rings is 2. The molecule has 0 bridgehead atoms. The molecule has 3 aromatic heterocycles. The van der Waals surface area contributed by atoms with E-state index in [1.54, 1.807) is 37.2 Å². The molecule has 4 amide bonds. The van der Waals surface area contributed by atoms with Gasteiger partial charge in [0.1, 0.15) is 41.5 Å². The van der Waals surface area contributed by atoms with Crippen LogP contribution >= 0.6 is 0 Å². The Kier molecular flexibility index (Phi) is 11.4. The number of carbonyl (C=O) groups is 4. The van der Waals surface area contributed by atoms with Crippen LogP contribution in [-0.2, 0) is 19.1 Å². The first-order chi connectivity index (χ1) is 29.7. The van der Waals surface area contributed by atoms with Crippen molar-refractivity contribution in [3.63, 3.8) is 0 Å². The third-order valence-electron chi connectivity index (χ3n) is 12.1. The maximum absolute atomic E-state index is 16.4. The van der Waals surface area contributed by atoms with Crippen LogP contribution < -0.4 is 15.4 Å². The molecule has 62 heavy (non-hydrogen) atoms. The molecule has 0 radical (unpaired) electrons. The van der Waals surface area contributed by atoms with Gasteiger partial charge in [0.25, 0.3) is 0 Å². The molecule has 2 fully saturated rings. The molecule has 3 aliphatic rings. The maximum Gasteiger partial charge on any atom is 0.407 e. The Labute approximate surface area is 356 Å². The molecular formula is C44H51F2N9O7. The lowest BCUT2D eigenvalue weighted by molar-refractivity contribution is -0.136. The lowest BCUT2D eigenvalue weighted by Gasteiger charge is -2.30. The normalized spacial score (nSPS) is 20.5. The summed E-state index contributed by atoms with van der Waals surface area (Å²) >= 11 is 0. The van der Waals surface area contributed by atoms with Crippen molar-refractivity contribution in [1.29, 1.82) is 0 Å². The second-order valence-corrected chi connectivity index (χ2v) is 16.8. The number of halogens is 2. The second kappa shape index (κ2) is 16.8. The molecule has 3 aliphatic heterocycles. The standard InChI is InChI=1S/C44H51F2N9O7/c1-21(2)37(51-43(58)60-6)41(56)53-12-8-9-32(53)39-47-19-30(50-39)25-14-28(46)36-33-15-26-13-24(10-11-31(26)55(33)23(5)62-35(36)16-25)29-18-48-40(49-29)34-17-27(45)20-54(34)42(57)38(22(3)4)52-44(59)61-7/h10-11,13-16,18-19,21-23,27,32,34,37-38H,8-9,12,17,20H2,1-7H3,(H,47,50)(H,48,49)(H,51,58)(H,52,59)/t23?,27-,32+,34+,37+,38+/m1/s1. The summed E-state index contributed by atoms with van der Waals surface area (Å²) in [6.07, 6.45) is 1.57. The average molecular weight is 856 g/mol. The first-order valence-corrected chi connectivity index (χ1v) is 20.9. The number of nitrogens with zero attached hydrogens (tertiary/aromatic N) is 5. The molecule has 4 N–H and O–H groups in total. The van der Waals surface area contributed by atoms with E-state index in [-0.39, 0.29) is 36.8 Å². The van der Waals surface area contributed by atoms with E-state index < -0.39 is 54.4 Å². The number of H-pyrrole nitrogens is 2. The number of fused-ring (bicyclic) bond motifs is 5. The zero-order valence-corrected chi connectivity index (χ0v) is 35.6. The molecule has 18 heteroatoms. The second-order valence-electron chi connectivity index (χ2n) is 16.8. The monoisotopic (exact) mass is 855 g/mol. The number of imidazole rings is 2. The molecule has 5 aromatic rings. The van der Waals surface area contributed by atoms with Crippen LogP contribution in [-0.4, -0.2) is 104 Å². The van der Waals surface area contributed by atoms with Crippen LogP contribution in [0.5, 0.6) is 5.75 Å². The number of methoxy groups -OCH3 is 2. The van der Waals surface area contributed by atoms with Gasteiger partial charge in [0, 0.05) is 29.5 Å². The largest absolute Gasteiger partial charge is 0.470 e. The summed E-state index contributed by atoms with van der Waals surface area (Å²) in [6, 6.07) is 8.23. The Morgan fingerprint density at radius 2 is 1.45 bits per heavy atom. The lowest BCUT2D eigenvalue weighted by atomic mass is 10.0. The van der Waals surface area contributed by atoms with Crippen molar-refractivity contribution in [2.75, 3.05) is 27.3 Å². The van der Waals surface area contributed by atoms with Crippen molar-refractivity contribution >= 4 is 34.9 Å². The van der Waals surface area contributed by atoms with Crippen LogP contribution in [0.1, 0.15) is 83.8 Å². The number of likely N-dealkylation sites (tertiary alicyclic amines) is 2. The van der Waals surface area contributed by atoms with Gasteiger partial charge in [-0.15, -0.1) is 0 Å². The van der Waals surface area contributed by atoms with Gasteiger partial charge in [0.05, 0.1) is 73.4 Å². The molecule has 6 atom stereocenters. The van der Waals surface area contributed by atoms with Crippen LogP contribution in [0, 0.1) is 17.7 Å². The van der Waals surface area contributed by atoms with Gasteiger partial charge in [-0.2, -0.15) is 0 Å². The van der Waals surface area contributed by atoms with Gasteiger partial charge in [-0.1, -0.05) is 33.8 Å². The summed E-state index contributed by atoms with van der Waals surface area (Å²) < 4.78 is 49.1. The molecule has 16 nitrogen and oxygen atoms in total. The Morgan fingerprint density at radius 3 is 2.08 bits per heavy atom. The number of alkyl carbamates (subject to hydrolysis) is 2. The van der Waals surface area contributed by atoms with E-state index in [0.717, 1.165) is 22.9 Å². The Morgan fingerprint density at radius 1 is 0.839 bits per heavy atom. The maximum atomic E-state index is 16.4. The van der Waals surface area contributed by atoms with Crippen molar-refractivity contribution in [2.45, 2.75) is 90.4 Å². The third-order valence-corrected chi connectivity index (χ3v) is 12.1. The number of hydrogen-bond donors (Lipinski definition) is 4. The smallest absolute Gasteiger partial charge is 0.407 e. The quantitative estimate of drug-likeness (QED) is 0.113. The minimum atomic E-state index is -1.27. The highest BCUT2D eigenvalue weighted by atomic mass is 19.1. The fourth-order valence-electron chi connectivity index (χ4n) is 8.97. The summed E-state index contributed by atoms with van der Waals surface area (Å²) in [7, 11) is 2.47. The number of amides is 4. The lowest BCUT2D eigenvalue weighted by Crippen LogP contribution is -2.51. The number of rotatable bonds is 10. The van der Waals surface area contributed by atoms with E-state index in [4.69, 9.17) is 14.2 Å². The fourth-order valence-corrected chi connectivity index (χ4v) is 8.97. The highest BCUT2D eigenvalue weighted by Gasteiger charge is 2.42. The number of aromatic amines is 2. The number of ether oxygens (including phenoxy) is 3. The van der Waals surface area contributed by atoms with Crippen molar-refractivity contribution in [1.82, 2.24) is 44.9 Å². The number of aromatic nitrogens is 5. The summed E-state index contributed by atoms with van der Waals surface area (Å²) in [5, 5.41) is 6.06. The van der Waals surface area contributed by atoms with E-state index in [2.05, 4.69) is 30.6 Å². The van der Waals surface area contributed by atoms with Gasteiger partial charge in [0.15, 0.2) is 6.23 Å². The number of carbonyl (C=O) groups excluding carboxylic acids is 4. The minimum Gasteiger partial charge on any atom is -0.470 e. The predicted octanol–water partition coefficient (Wildman–Crippen LogP) is 7.17. The third kappa shape index (κ3) is 7.70. The molecule has 0 saturated carbocycles. The molecule has 2 saturated heterocycles. The van der Waals surface area contributed by atoms with Crippen LogP contribution in [0.4, 0.5) is 18.4 Å². The molecule has 2 aromatic carbocycles. The SMILES string of the molecule is COC(=O)N[C@H](C(=O)N1CCC[C@H]1c1ncc(-c2cc(F)c3c(c2)OC(C)n2c-3cc3cc(-c4cnc([C@@H]5C[C@@H](F)CN5C(=O)[C@@H](NC(=O)OC)C(C)C)[nH]4)ccc32)[nH]1)C(C)C. The number of nitrogens with one attached hydrogen (secondary N) is 4. The van der Waals surface area contributed by atoms with Crippen LogP contribution in [0.15, 0.2) is 48.8 Å². The van der Waals surface area contributed by atoms with Crippen LogP contribution in [0.3, 0.4) is 0 Å². The number of hydrogen-bond acceptors (Lipinski definition) is 9. The Hall–Kier alpha value is -6.46. The minimum absolute atomic E-state index is 0.0513. The summed E-state index contributed by atoms with van der Waals surface area (Å²) in [4.78, 5) is 70.3. The summed E-state index contributed by atoms with van der Waals surface area (Å²) in [6.45, 7) is 9.56. The molecule has 328 valence electrons. The highest BCUT2D eigenvalue weighted by Crippen LogP contribution is 2.46.